The number of carbonyl (C=O) groups is 1. The van der Waals surface area contributed by atoms with Gasteiger partial charge in [0, 0.05) is 24.8 Å². The zero-order valence-corrected chi connectivity index (χ0v) is 19.6. The minimum absolute atomic E-state index is 0.0132. The molecule has 32 heavy (non-hydrogen) atoms. The number of nitrogens with one attached hydrogen (secondary N) is 2. The Balaban J connectivity index is 0.00000176. The van der Waals surface area contributed by atoms with Crippen molar-refractivity contribution < 1.29 is 4.79 Å². The highest BCUT2D eigenvalue weighted by Crippen LogP contribution is 2.20. The van der Waals surface area contributed by atoms with Gasteiger partial charge in [0.2, 0.25) is 5.91 Å². The molecule has 1 aliphatic rings. The first kappa shape index (κ1) is 24.9. The molecule has 1 aliphatic heterocycles. The van der Waals surface area contributed by atoms with Crippen LogP contribution in [0.1, 0.15) is 56.7 Å². The summed E-state index contributed by atoms with van der Waals surface area (Å²) in [5, 5.41) is 15.8. The summed E-state index contributed by atoms with van der Waals surface area (Å²) in [6, 6.07) is 8.43. The lowest BCUT2D eigenvalue weighted by Crippen LogP contribution is -2.47. The molecule has 3 rings (SSSR count). The van der Waals surface area contributed by atoms with Gasteiger partial charge in [0.05, 0.1) is 6.54 Å². The van der Waals surface area contributed by atoms with Crippen LogP contribution in [0.2, 0.25) is 0 Å². The predicted molar refractivity (Wildman–Crippen MR) is 129 cm³/mol. The molecule has 1 fully saturated rings. The molecule has 4 N–H and O–H groups in total. The highest BCUT2D eigenvalue weighted by Gasteiger charge is 2.24. The predicted octanol–water partition coefficient (Wildman–Crippen LogP) is 3.73. The number of nitrogen functional groups attached to an aromatic ring is 1. The van der Waals surface area contributed by atoms with Gasteiger partial charge in [0.15, 0.2) is 0 Å². The summed E-state index contributed by atoms with van der Waals surface area (Å²) in [6.07, 6.45) is 5.24. The fourth-order valence-corrected chi connectivity index (χ4v) is 3.82. The number of carbonyl (C=O) groups excluding carboxylic acids is 1. The summed E-state index contributed by atoms with van der Waals surface area (Å²) < 4.78 is 0. The zero-order valence-electron chi connectivity index (χ0n) is 19.6. The minimum atomic E-state index is 0.0132. The summed E-state index contributed by atoms with van der Waals surface area (Å²) in [5.41, 5.74) is 9.46. The van der Waals surface area contributed by atoms with Crippen LogP contribution in [0, 0.1) is 18.3 Å². The van der Waals surface area contributed by atoms with Crippen LogP contribution in [-0.2, 0) is 11.2 Å². The second-order valence-corrected chi connectivity index (χ2v) is 7.73. The number of hydrogen-bond acceptors (Lipinski definition) is 7. The van der Waals surface area contributed by atoms with Crippen molar-refractivity contribution in [1.29, 1.82) is 5.26 Å². The number of nitrogens with zero attached hydrogens (tertiary/aromatic N) is 4. The second kappa shape index (κ2) is 12.5. The molecule has 0 spiro atoms. The SMILES string of the molecule is CC.CCCc1cc(C)cc(NCC(=O)N2CCCC(Nc3ncnc(N)c3C#N)C2)c1. The first-order valence-corrected chi connectivity index (χ1v) is 11.4. The maximum atomic E-state index is 12.8. The van der Waals surface area contributed by atoms with E-state index in [0.717, 1.165) is 37.9 Å². The van der Waals surface area contributed by atoms with E-state index >= 15 is 0 Å². The van der Waals surface area contributed by atoms with Gasteiger partial charge in [-0.3, -0.25) is 4.79 Å². The normalized spacial score (nSPS) is 15.2. The Kier molecular flexibility index (Phi) is 9.74. The highest BCUT2D eigenvalue weighted by atomic mass is 16.2. The number of anilines is 3. The number of rotatable bonds is 7. The van der Waals surface area contributed by atoms with Crippen LogP contribution in [0.15, 0.2) is 24.5 Å². The number of amides is 1. The summed E-state index contributed by atoms with van der Waals surface area (Å²) in [6.45, 7) is 9.78. The van der Waals surface area contributed by atoms with Crippen molar-refractivity contribution in [3.63, 3.8) is 0 Å². The van der Waals surface area contributed by atoms with Crippen molar-refractivity contribution in [2.75, 3.05) is 36.0 Å². The van der Waals surface area contributed by atoms with Gasteiger partial charge in [0.25, 0.3) is 0 Å². The molecule has 2 aromatic rings. The summed E-state index contributed by atoms with van der Waals surface area (Å²) >= 11 is 0. The fourth-order valence-electron chi connectivity index (χ4n) is 3.82. The van der Waals surface area contributed by atoms with Gasteiger partial charge in [-0.1, -0.05) is 33.3 Å². The first-order chi connectivity index (χ1) is 15.5. The molecular formula is C24H35N7O. The van der Waals surface area contributed by atoms with Gasteiger partial charge in [-0.15, -0.1) is 0 Å². The summed E-state index contributed by atoms with van der Waals surface area (Å²) in [4.78, 5) is 22.6. The molecular weight excluding hydrogens is 402 g/mol. The first-order valence-electron chi connectivity index (χ1n) is 11.4. The number of benzene rings is 1. The summed E-state index contributed by atoms with van der Waals surface area (Å²) in [5.74, 6) is 0.636. The third-order valence-corrected chi connectivity index (χ3v) is 5.22. The molecule has 2 heterocycles. The average Bonchev–Trinajstić information content (AvgIpc) is 2.79. The molecule has 8 heteroatoms. The van der Waals surface area contributed by atoms with Crippen molar-refractivity contribution in [2.45, 2.75) is 59.4 Å². The summed E-state index contributed by atoms with van der Waals surface area (Å²) in [7, 11) is 0. The topological polar surface area (TPSA) is 120 Å². The van der Waals surface area contributed by atoms with E-state index in [2.05, 4.69) is 52.6 Å². The Labute approximate surface area is 191 Å². The van der Waals surface area contributed by atoms with E-state index in [9.17, 15) is 10.1 Å². The Morgan fingerprint density at radius 1 is 1.31 bits per heavy atom. The van der Waals surface area contributed by atoms with Crippen molar-refractivity contribution in [3.05, 3.63) is 41.2 Å². The third-order valence-electron chi connectivity index (χ3n) is 5.22. The van der Waals surface area contributed by atoms with Crippen LogP contribution < -0.4 is 16.4 Å². The van der Waals surface area contributed by atoms with Crippen LogP contribution in [0.4, 0.5) is 17.3 Å². The minimum Gasteiger partial charge on any atom is -0.382 e. The molecule has 0 saturated carbocycles. The number of aryl methyl sites for hydroxylation is 2. The molecule has 1 amide bonds. The lowest BCUT2D eigenvalue weighted by atomic mass is 10.0. The highest BCUT2D eigenvalue weighted by molar-refractivity contribution is 5.81. The van der Waals surface area contributed by atoms with E-state index in [1.54, 1.807) is 0 Å². The molecule has 8 nitrogen and oxygen atoms in total. The van der Waals surface area contributed by atoms with Crippen LogP contribution in [-0.4, -0.2) is 46.5 Å². The van der Waals surface area contributed by atoms with Gasteiger partial charge in [-0.25, -0.2) is 9.97 Å². The van der Waals surface area contributed by atoms with Gasteiger partial charge in [-0.2, -0.15) is 5.26 Å². The van der Waals surface area contributed by atoms with E-state index < -0.39 is 0 Å². The van der Waals surface area contributed by atoms with Gasteiger partial charge in [0.1, 0.15) is 29.6 Å². The van der Waals surface area contributed by atoms with E-state index in [-0.39, 0.29) is 29.9 Å². The Morgan fingerprint density at radius 2 is 2.09 bits per heavy atom. The molecule has 1 atom stereocenters. The van der Waals surface area contributed by atoms with Gasteiger partial charge < -0.3 is 21.3 Å². The van der Waals surface area contributed by atoms with E-state index in [0.29, 0.717) is 12.4 Å². The number of nitriles is 1. The Morgan fingerprint density at radius 3 is 2.81 bits per heavy atom. The molecule has 1 aromatic heterocycles. The maximum Gasteiger partial charge on any atom is 0.241 e. The number of aromatic nitrogens is 2. The van der Waals surface area contributed by atoms with Gasteiger partial charge in [-0.05, 0) is 49.4 Å². The fraction of sp³-hybridized carbons (Fsp3) is 0.500. The number of nitrogens with two attached hydrogens (primary N) is 1. The van der Waals surface area contributed by atoms with Crippen LogP contribution >= 0.6 is 0 Å². The van der Waals surface area contributed by atoms with Crippen LogP contribution in [0.25, 0.3) is 0 Å². The maximum absolute atomic E-state index is 12.8. The molecule has 172 valence electrons. The third kappa shape index (κ3) is 6.84. The van der Waals surface area contributed by atoms with Crippen molar-refractivity contribution in [1.82, 2.24) is 14.9 Å². The largest absolute Gasteiger partial charge is 0.382 e. The molecule has 1 saturated heterocycles. The molecule has 0 bridgehead atoms. The Bertz CT molecular complexity index is 938. The van der Waals surface area contributed by atoms with Crippen LogP contribution in [0.5, 0.6) is 0 Å². The number of hydrogen-bond donors (Lipinski definition) is 3. The zero-order chi connectivity index (χ0) is 23.5. The van der Waals surface area contributed by atoms with E-state index in [1.807, 2.05) is 24.8 Å². The standard InChI is InChI=1S/C22H29N7O.C2H6/c1-3-5-16-8-15(2)9-18(10-16)25-12-20(30)29-7-4-6-17(13-29)28-22-19(11-23)21(24)26-14-27-22;1-2/h8-10,14,17,25H,3-7,12-13H2,1-2H3,(H3,24,26,27,28);1-2H3. The number of likely N-dealkylation sites (tertiary alicyclic amines) is 1. The average molecular weight is 438 g/mol. The monoisotopic (exact) mass is 437 g/mol. The Hall–Kier alpha value is -3.34. The molecule has 1 unspecified atom stereocenters. The van der Waals surface area contributed by atoms with Crippen LogP contribution in [0.3, 0.4) is 0 Å². The van der Waals surface area contributed by atoms with E-state index in [1.165, 1.54) is 17.5 Å². The van der Waals surface area contributed by atoms with Crippen molar-refractivity contribution in [2.24, 2.45) is 0 Å². The molecule has 0 radical (unpaired) electrons. The van der Waals surface area contributed by atoms with Crippen molar-refractivity contribution in [3.8, 4) is 6.07 Å². The molecule has 1 aromatic carbocycles. The molecule has 0 aliphatic carbocycles. The van der Waals surface area contributed by atoms with Crippen molar-refractivity contribution >= 4 is 23.2 Å². The smallest absolute Gasteiger partial charge is 0.241 e. The number of piperidine rings is 1. The quantitative estimate of drug-likeness (QED) is 0.603. The lowest BCUT2D eigenvalue weighted by Gasteiger charge is -2.33. The second-order valence-electron chi connectivity index (χ2n) is 7.73. The van der Waals surface area contributed by atoms with E-state index in [4.69, 9.17) is 5.73 Å². The lowest BCUT2D eigenvalue weighted by molar-refractivity contribution is -0.130. The van der Waals surface area contributed by atoms with Gasteiger partial charge >= 0.3 is 0 Å².